The highest BCUT2D eigenvalue weighted by Gasteiger charge is 2.13. The van der Waals surface area contributed by atoms with Crippen molar-refractivity contribution in [3.63, 3.8) is 0 Å². The molecule has 0 amide bonds. The Kier molecular flexibility index (Phi) is 5.03. The highest BCUT2D eigenvalue weighted by Crippen LogP contribution is 2.32. The highest BCUT2D eigenvalue weighted by atomic mass is 16.5. The minimum atomic E-state index is 0.740. The SMILES string of the molecule is c1ccc(-c2cccc(Oc3cccc(-n4cc(-n5c6ccccc6c6ccccc65)cn4)c3)c2)nc1. The monoisotopic (exact) mass is 478 g/mol. The van der Waals surface area contributed by atoms with Crippen molar-refractivity contribution in [1.29, 1.82) is 0 Å². The quantitative estimate of drug-likeness (QED) is 0.253. The number of benzene rings is 4. The Bertz CT molecular complexity index is 1810. The number of aromatic nitrogens is 4. The second-order valence-electron chi connectivity index (χ2n) is 8.86. The lowest BCUT2D eigenvalue weighted by atomic mass is 10.1. The Hall–Kier alpha value is -5.16. The number of para-hydroxylation sites is 2. The van der Waals surface area contributed by atoms with Gasteiger partial charge in [-0.2, -0.15) is 5.10 Å². The number of nitrogens with zero attached hydrogens (tertiary/aromatic N) is 4. The average Bonchev–Trinajstić information content (AvgIpc) is 3.57. The molecule has 0 N–H and O–H groups in total. The zero-order valence-corrected chi connectivity index (χ0v) is 19.9. The van der Waals surface area contributed by atoms with Crippen LogP contribution >= 0.6 is 0 Å². The molecule has 0 radical (unpaired) electrons. The Balaban J connectivity index is 1.22. The predicted octanol–water partition coefficient (Wildman–Crippen LogP) is 7.82. The van der Waals surface area contributed by atoms with Crippen LogP contribution in [0.5, 0.6) is 11.5 Å². The van der Waals surface area contributed by atoms with E-state index in [1.54, 1.807) is 6.20 Å². The van der Waals surface area contributed by atoms with Crippen molar-refractivity contribution in [1.82, 2.24) is 19.3 Å². The van der Waals surface area contributed by atoms with Gasteiger partial charge in [-0.25, -0.2) is 4.68 Å². The normalized spacial score (nSPS) is 11.2. The molecule has 0 aliphatic heterocycles. The van der Waals surface area contributed by atoms with Crippen LogP contribution < -0.4 is 4.74 Å². The molecule has 5 nitrogen and oxygen atoms in total. The van der Waals surface area contributed by atoms with E-state index in [1.807, 2.05) is 77.6 Å². The third-order valence-electron chi connectivity index (χ3n) is 6.52. The number of ether oxygens (including phenoxy) is 1. The van der Waals surface area contributed by atoms with Crippen LogP contribution in [-0.4, -0.2) is 19.3 Å². The van der Waals surface area contributed by atoms with E-state index in [1.165, 1.54) is 10.8 Å². The first-order chi connectivity index (χ1) is 18.3. The average molecular weight is 479 g/mol. The van der Waals surface area contributed by atoms with Crippen LogP contribution in [0.2, 0.25) is 0 Å². The number of hydrogen-bond donors (Lipinski definition) is 0. The highest BCUT2D eigenvalue weighted by molar-refractivity contribution is 6.09. The van der Waals surface area contributed by atoms with Gasteiger partial charge in [-0.1, -0.05) is 60.7 Å². The fourth-order valence-electron chi connectivity index (χ4n) is 4.85. The topological polar surface area (TPSA) is 44.9 Å². The molecule has 0 atom stereocenters. The van der Waals surface area contributed by atoms with Crippen molar-refractivity contribution in [2.24, 2.45) is 0 Å². The van der Waals surface area contributed by atoms with Gasteiger partial charge in [0.1, 0.15) is 11.5 Å². The molecule has 0 aliphatic carbocycles. The molecular formula is C32H22N4O. The molecule has 3 heterocycles. The van der Waals surface area contributed by atoms with Gasteiger partial charge in [0.25, 0.3) is 0 Å². The van der Waals surface area contributed by atoms with Crippen molar-refractivity contribution >= 4 is 21.8 Å². The van der Waals surface area contributed by atoms with Crippen LogP contribution in [0.1, 0.15) is 0 Å². The number of hydrogen-bond acceptors (Lipinski definition) is 3. The second kappa shape index (κ2) is 8.81. The van der Waals surface area contributed by atoms with Gasteiger partial charge in [-0.15, -0.1) is 0 Å². The Labute approximate surface area is 213 Å². The molecule has 7 aromatic rings. The lowest BCUT2D eigenvalue weighted by molar-refractivity contribution is 0.482. The smallest absolute Gasteiger partial charge is 0.129 e. The fraction of sp³-hybridized carbons (Fsp3) is 0. The molecule has 3 aromatic heterocycles. The molecule has 5 heteroatoms. The van der Waals surface area contributed by atoms with E-state index < -0.39 is 0 Å². The van der Waals surface area contributed by atoms with Gasteiger partial charge in [-0.05, 0) is 48.5 Å². The largest absolute Gasteiger partial charge is 0.457 e. The summed E-state index contributed by atoms with van der Waals surface area (Å²) in [7, 11) is 0. The summed E-state index contributed by atoms with van der Waals surface area (Å²) in [6.07, 6.45) is 5.76. The minimum absolute atomic E-state index is 0.740. The van der Waals surface area contributed by atoms with Gasteiger partial charge in [0.15, 0.2) is 0 Å². The molecule has 176 valence electrons. The predicted molar refractivity (Wildman–Crippen MR) is 148 cm³/mol. The Morgan fingerprint density at radius 2 is 1.30 bits per heavy atom. The summed E-state index contributed by atoms with van der Waals surface area (Å²) in [5.74, 6) is 1.50. The first-order valence-electron chi connectivity index (χ1n) is 12.2. The van der Waals surface area contributed by atoms with E-state index >= 15 is 0 Å². The van der Waals surface area contributed by atoms with Crippen LogP contribution in [0.15, 0.2) is 134 Å². The molecule has 0 spiro atoms. The minimum Gasteiger partial charge on any atom is -0.457 e. The van der Waals surface area contributed by atoms with E-state index in [4.69, 9.17) is 4.74 Å². The molecular weight excluding hydrogens is 456 g/mol. The van der Waals surface area contributed by atoms with Crippen LogP contribution in [0.25, 0.3) is 44.4 Å². The summed E-state index contributed by atoms with van der Waals surface area (Å²) < 4.78 is 10.4. The van der Waals surface area contributed by atoms with Crippen molar-refractivity contribution in [3.05, 3.63) is 134 Å². The molecule has 0 saturated carbocycles. The zero-order valence-electron chi connectivity index (χ0n) is 19.9. The van der Waals surface area contributed by atoms with E-state index in [-0.39, 0.29) is 0 Å². The number of rotatable bonds is 5. The summed E-state index contributed by atoms with van der Waals surface area (Å²) in [5.41, 5.74) is 6.17. The number of fused-ring (bicyclic) bond motifs is 3. The van der Waals surface area contributed by atoms with Gasteiger partial charge in [-0.3, -0.25) is 4.98 Å². The van der Waals surface area contributed by atoms with Crippen molar-refractivity contribution in [3.8, 4) is 34.1 Å². The third-order valence-corrected chi connectivity index (χ3v) is 6.52. The maximum Gasteiger partial charge on any atom is 0.129 e. The molecule has 0 fully saturated rings. The maximum absolute atomic E-state index is 6.22. The van der Waals surface area contributed by atoms with Gasteiger partial charge in [0, 0.05) is 28.6 Å². The van der Waals surface area contributed by atoms with Gasteiger partial charge in [0.05, 0.1) is 40.5 Å². The molecule has 0 aliphatic rings. The van der Waals surface area contributed by atoms with E-state index in [9.17, 15) is 0 Å². The van der Waals surface area contributed by atoms with Crippen molar-refractivity contribution < 1.29 is 4.74 Å². The maximum atomic E-state index is 6.22. The first kappa shape index (κ1) is 21.1. The summed E-state index contributed by atoms with van der Waals surface area (Å²) in [6, 6.07) is 38.8. The van der Waals surface area contributed by atoms with Crippen molar-refractivity contribution in [2.45, 2.75) is 0 Å². The zero-order chi connectivity index (χ0) is 24.6. The van der Waals surface area contributed by atoms with Crippen LogP contribution in [0, 0.1) is 0 Å². The Morgan fingerprint density at radius 1 is 0.595 bits per heavy atom. The van der Waals surface area contributed by atoms with E-state index in [0.29, 0.717) is 0 Å². The first-order valence-corrected chi connectivity index (χ1v) is 12.2. The Morgan fingerprint density at radius 3 is 2.05 bits per heavy atom. The van der Waals surface area contributed by atoms with Gasteiger partial charge >= 0.3 is 0 Å². The van der Waals surface area contributed by atoms with Crippen LogP contribution in [0.4, 0.5) is 0 Å². The summed E-state index contributed by atoms with van der Waals surface area (Å²) in [5, 5.41) is 7.15. The van der Waals surface area contributed by atoms with Crippen LogP contribution in [0.3, 0.4) is 0 Å². The molecule has 7 rings (SSSR count). The summed E-state index contributed by atoms with van der Waals surface area (Å²) in [6.45, 7) is 0. The lowest BCUT2D eigenvalue weighted by Crippen LogP contribution is -1.95. The lowest BCUT2D eigenvalue weighted by Gasteiger charge is -2.09. The summed E-state index contributed by atoms with van der Waals surface area (Å²) in [4.78, 5) is 4.44. The molecule has 0 unspecified atom stereocenters. The molecule has 37 heavy (non-hydrogen) atoms. The van der Waals surface area contributed by atoms with Gasteiger partial charge < -0.3 is 9.30 Å². The molecule has 4 aromatic carbocycles. The number of pyridine rings is 1. The fourth-order valence-corrected chi connectivity index (χ4v) is 4.85. The van der Waals surface area contributed by atoms with E-state index in [0.717, 1.165) is 45.2 Å². The van der Waals surface area contributed by atoms with E-state index in [2.05, 4.69) is 69.4 Å². The summed E-state index contributed by atoms with van der Waals surface area (Å²) >= 11 is 0. The standard InChI is InChI=1S/C32H22N4O/c1-3-16-31-28(13-1)29-14-2-4-17-32(29)36(31)25-21-34-35(22-25)24-10-8-12-27(20-24)37-26-11-7-9-23(19-26)30-15-5-6-18-33-30/h1-22H. The second-order valence-corrected chi connectivity index (χ2v) is 8.86. The van der Waals surface area contributed by atoms with Crippen molar-refractivity contribution in [2.75, 3.05) is 0 Å². The van der Waals surface area contributed by atoms with Gasteiger partial charge in [0.2, 0.25) is 0 Å². The third kappa shape index (κ3) is 3.83. The molecule has 0 bridgehead atoms. The van der Waals surface area contributed by atoms with Crippen LogP contribution in [-0.2, 0) is 0 Å². The molecule has 0 saturated heterocycles.